The van der Waals surface area contributed by atoms with Gasteiger partial charge >= 0.3 is 0 Å². The van der Waals surface area contributed by atoms with Crippen LogP contribution >= 0.6 is 0 Å². The Morgan fingerprint density at radius 2 is 2.15 bits per heavy atom. The molecule has 1 saturated heterocycles. The number of nitrogens with zero attached hydrogens (tertiary/aromatic N) is 2. The standard InChI is InChI=1S/C13H15N3O3S/c1-16-13(14)12(6-15-16)9-3-2-4-10(5-9)19-11-7-20(17,18)8-11/h2-6,11H,7-8,14H2,1H3. The van der Waals surface area contributed by atoms with Crippen LogP contribution in [0.3, 0.4) is 0 Å². The van der Waals surface area contributed by atoms with Crippen molar-refractivity contribution in [1.82, 2.24) is 9.78 Å². The van der Waals surface area contributed by atoms with Crippen LogP contribution in [0.2, 0.25) is 0 Å². The lowest BCUT2D eigenvalue weighted by molar-refractivity contribution is 0.230. The molecule has 0 bridgehead atoms. The highest BCUT2D eigenvalue weighted by Crippen LogP contribution is 2.29. The van der Waals surface area contributed by atoms with E-state index in [0.717, 1.165) is 11.1 Å². The summed E-state index contributed by atoms with van der Waals surface area (Å²) in [5.41, 5.74) is 7.67. The molecular weight excluding hydrogens is 278 g/mol. The van der Waals surface area contributed by atoms with Gasteiger partial charge in [-0.15, -0.1) is 0 Å². The van der Waals surface area contributed by atoms with E-state index in [-0.39, 0.29) is 17.6 Å². The average Bonchev–Trinajstić information content (AvgIpc) is 2.68. The van der Waals surface area contributed by atoms with Gasteiger partial charge in [0.05, 0.1) is 17.7 Å². The first-order valence-electron chi connectivity index (χ1n) is 6.19. The molecule has 0 radical (unpaired) electrons. The molecule has 1 aliphatic heterocycles. The fourth-order valence-electron chi connectivity index (χ4n) is 2.18. The lowest BCUT2D eigenvalue weighted by atomic mass is 10.1. The molecule has 1 fully saturated rings. The van der Waals surface area contributed by atoms with E-state index in [1.165, 1.54) is 0 Å². The van der Waals surface area contributed by atoms with Crippen LogP contribution in [0.15, 0.2) is 30.5 Å². The second kappa shape index (κ2) is 4.52. The Hall–Kier alpha value is -2.02. The molecular formula is C13H15N3O3S. The van der Waals surface area contributed by atoms with Crippen LogP contribution < -0.4 is 10.5 Å². The predicted octanol–water partition coefficient (Wildman–Crippen LogP) is 0.845. The summed E-state index contributed by atoms with van der Waals surface area (Å²) in [6.45, 7) is 0. The first-order chi connectivity index (χ1) is 9.44. The van der Waals surface area contributed by atoms with Gasteiger partial charge in [0, 0.05) is 12.6 Å². The zero-order valence-electron chi connectivity index (χ0n) is 11.0. The Morgan fingerprint density at radius 1 is 1.40 bits per heavy atom. The Morgan fingerprint density at radius 3 is 2.75 bits per heavy atom. The summed E-state index contributed by atoms with van der Waals surface area (Å²) < 4.78 is 29.5. The molecule has 0 unspecified atom stereocenters. The lowest BCUT2D eigenvalue weighted by Crippen LogP contribution is -2.45. The summed E-state index contributed by atoms with van der Waals surface area (Å²) in [6, 6.07) is 7.42. The molecule has 2 heterocycles. The van der Waals surface area contributed by atoms with Gasteiger partial charge in [0.1, 0.15) is 17.7 Å². The number of benzene rings is 1. The SMILES string of the molecule is Cn1ncc(-c2cccc(OC3CS(=O)(=O)C3)c2)c1N. The third-order valence-electron chi connectivity index (χ3n) is 3.31. The molecule has 7 heteroatoms. The number of anilines is 1. The molecule has 1 aliphatic rings. The fraction of sp³-hybridized carbons (Fsp3) is 0.308. The molecule has 20 heavy (non-hydrogen) atoms. The van der Waals surface area contributed by atoms with Gasteiger partial charge in [-0.3, -0.25) is 4.68 Å². The molecule has 0 aliphatic carbocycles. The first kappa shape index (κ1) is 13.0. The summed E-state index contributed by atoms with van der Waals surface area (Å²) >= 11 is 0. The van der Waals surface area contributed by atoms with Gasteiger partial charge in [-0.2, -0.15) is 5.10 Å². The van der Waals surface area contributed by atoms with Crippen molar-refractivity contribution in [3.05, 3.63) is 30.5 Å². The molecule has 2 N–H and O–H groups in total. The third kappa shape index (κ3) is 2.36. The van der Waals surface area contributed by atoms with E-state index in [0.29, 0.717) is 11.6 Å². The van der Waals surface area contributed by atoms with Crippen molar-refractivity contribution in [2.75, 3.05) is 17.2 Å². The Balaban J connectivity index is 1.82. The minimum Gasteiger partial charge on any atom is -0.488 e. The van der Waals surface area contributed by atoms with Crippen molar-refractivity contribution in [2.45, 2.75) is 6.10 Å². The van der Waals surface area contributed by atoms with Crippen molar-refractivity contribution in [1.29, 1.82) is 0 Å². The Kier molecular flexibility index (Phi) is 2.93. The van der Waals surface area contributed by atoms with Gasteiger partial charge in [0.15, 0.2) is 9.84 Å². The third-order valence-corrected chi connectivity index (χ3v) is 5.07. The number of sulfone groups is 1. The summed E-state index contributed by atoms with van der Waals surface area (Å²) in [5, 5.41) is 4.10. The van der Waals surface area contributed by atoms with E-state index in [1.54, 1.807) is 24.0 Å². The largest absolute Gasteiger partial charge is 0.488 e. The predicted molar refractivity (Wildman–Crippen MR) is 76.1 cm³/mol. The van der Waals surface area contributed by atoms with Crippen molar-refractivity contribution in [3.63, 3.8) is 0 Å². The molecule has 1 aromatic carbocycles. The maximum atomic E-state index is 11.1. The van der Waals surface area contributed by atoms with Crippen molar-refractivity contribution in [2.24, 2.45) is 7.05 Å². The minimum atomic E-state index is -2.87. The summed E-state index contributed by atoms with van der Waals surface area (Å²) in [6.07, 6.45) is 1.45. The highest BCUT2D eigenvalue weighted by atomic mass is 32.2. The number of rotatable bonds is 3. The molecule has 0 spiro atoms. The maximum absolute atomic E-state index is 11.1. The molecule has 0 amide bonds. The van der Waals surface area contributed by atoms with Crippen LogP contribution in [0.4, 0.5) is 5.82 Å². The average molecular weight is 293 g/mol. The van der Waals surface area contributed by atoms with Gasteiger partial charge in [0.2, 0.25) is 0 Å². The van der Waals surface area contributed by atoms with Crippen molar-refractivity contribution < 1.29 is 13.2 Å². The van der Waals surface area contributed by atoms with Crippen molar-refractivity contribution in [3.8, 4) is 16.9 Å². The minimum absolute atomic E-state index is 0.0895. The second-order valence-corrected chi connectivity index (χ2v) is 7.07. The normalized spacial score (nSPS) is 17.6. The van der Waals surface area contributed by atoms with E-state index >= 15 is 0 Å². The molecule has 2 aromatic rings. The van der Waals surface area contributed by atoms with Gasteiger partial charge < -0.3 is 10.5 Å². The molecule has 106 valence electrons. The van der Waals surface area contributed by atoms with Crippen LogP contribution in [0.5, 0.6) is 5.75 Å². The number of aromatic nitrogens is 2. The molecule has 6 nitrogen and oxygen atoms in total. The first-order valence-corrected chi connectivity index (χ1v) is 8.02. The second-order valence-electron chi connectivity index (χ2n) is 4.91. The maximum Gasteiger partial charge on any atom is 0.157 e. The zero-order valence-corrected chi connectivity index (χ0v) is 11.8. The molecule has 1 aromatic heterocycles. The van der Waals surface area contributed by atoms with E-state index in [9.17, 15) is 8.42 Å². The Labute approximate surface area is 117 Å². The number of hydrogen-bond donors (Lipinski definition) is 1. The number of nitrogen functional groups attached to an aromatic ring is 1. The highest BCUT2D eigenvalue weighted by Gasteiger charge is 2.35. The van der Waals surface area contributed by atoms with Crippen LogP contribution in [-0.2, 0) is 16.9 Å². The topological polar surface area (TPSA) is 87.2 Å². The number of nitrogens with two attached hydrogens (primary N) is 1. The van der Waals surface area contributed by atoms with Gasteiger partial charge in [-0.05, 0) is 17.7 Å². The number of ether oxygens (including phenoxy) is 1. The quantitative estimate of drug-likeness (QED) is 0.906. The smallest absolute Gasteiger partial charge is 0.157 e. The summed E-state index contributed by atoms with van der Waals surface area (Å²) in [7, 11) is -1.10. The Bertz CT molecular complexity index is 740. The highest BCUT2D eigenvalue weighted by molar-refractivity contribution is 7.92. The van der Waals surface area contributed by atoms with E-state index in [1.807, 2.05) is 18.2 Å². The van der Waals surface area contributed by atoms with Crippen LogP contribution in [0.25, 0.3) is 11.1 Å². The molecule has 3 rings (SSSR count). The van der Waals surface area contributed by atoms with Crippen molar-refractivity contribution >= 4 is 15.7 Å². The van der Waals surface area contributed by atoms with E-state index < -0.39 is 9.84 Å². The number of hydrogen-bond acceptors (Lipinski definition) is 5. The molecule has 0 atom stereocenters. The van der Waals surface area contributed by atoms with Gasteiger partial charge in [-0.1, -0.05) is 12.1 Å². The summed E-state index contributed by atoms with van der Waals surface area (Å²) in [4.78, 5) is 0. The number of aryl methyl sites for hydroxylation is 1. The van der Waals surface area contributed by atoms with Gasteiger partial charge in [-0.25, -0.2) is 8.42 Å². The van der Waals surface area contributed by atoms with Gasteiger partial charge in [0.25, 0.3) is 0 Å². The van der Waals surface area contributed by atoms with Crippen LogP contribution in [-0.4, -0.2) is 35.8 Å². The summed E-state index contributed by atoms with van der Waals surface area (Å²) in [5.74, 6) is 1.40. The monoisotopic (exact) mass is 293 g/mol. The zero-order chi connectivity index (χ0) is 14.3. The molecule has 0 saturated carbocycles. The van der Waals surface area contributed by atoms with Crippen LogP contribution in [0.1, 0.15) is 0 Å². The lowest BCUT2D eigenvalue weighted by Gasteiger charge is -2.26. The fourth-order valence-corrected chi connectivity index (χ4v) is 3.36. The van der Waals surface area contributed by atoms with E-state index in [2.05, 4.69) is 5.10 Å². The van der Waals surface area contributed by atoms with Crippen LogP contribution in [0, 0.1) is 0 Å². The van der Waals surface area contributed by atoms with E-state index in [4.69, 9.17) is 10.5 Å².